The summed E-state index contributed by atoms with van der Waals surface area (Å²) in [4.78, 5) is 18.0. The number of nitrogens with two attached hydrogens (primary N) is 1. The molecule has 1 aliphatic rings. The van der Waals surface area contributed by atoms with Gasteiger partial charge in [-0.25, -0.2) is 4.79 Å². The molecule has 136 valence electrons. The van der Waals surface area contributed by atoms with Crippen LogP contribution < -0.4 is 11.4 Å². The normalized spacial score (nSPS) is 28.5. The van der Waals surface area contributed by atoms with E-state index in [2.05, 4.69) is 16.8 Å². The molecule has 0 aromatic carbocycles. The molecule has 2 heterocycles. The number of ether oxygens (including phenoxy) is 1. The number of hydrogen-bond donors (Lipinski definition) is 4. The Balaban J connectivity index is 2.28. The zero-order chi connectivity index (χ0) is 18.0. The summed E-state index contributed by atoms with van der Waals surface area (Å²) < 4.78 is 6.51. The molecule has 0 radical (unpaired) electrons. The molecule has 0 bridgehead atoms. The van der Waals surface area contributed by atoms with Crippen molar-refractivity contribution in [2.45, 2.75) is 37.9 Å². The van der Waals surface area contributed by atoms with Crippen LogP contribution in [0.15, 0.2) is 11.0 Å². The third kappa shape index (κ3) is 3.93. The zero-order valence-corrected chi connectivity index (χ0v) is 14.2. The first-order valence-electron chi connectivity index (χ1n) is 7.89. The molecule has 0 aliphatic carbocycles. The van der Waals surface area contributed by atoms with Crippen molar-refractivity contribution in [1.82, 2.24) is 14.5 Å². The van der Waals surface area contributed by atoms with Crippen molar-refractivity contribution in [2.75, 3.05) is 33.0 Å². The number of anilines is 1. The minimum atomic E-state index is -1.34. The fraction of sp³-hybridized carbons (Fsp3) is 0.733. The molecule has 2 rings (SSSR count). The van der Waals surface area contributed by atoms with Crippen LogP contribution in [0.4, 0.5) is 5.82 Å². The highest BCUT2D eigenvalue weighted by molar-refractivity contribution is 5.37. The number of nitrogens with zero attached hydrogens (tertiary/aromatic N) is 3. The predicted octanol–water partition coefficient (Wildman–Crippen LogP) is -1.82. The maximum Gasteiger partial charge on any atom is 0.351 e. The second-order valence-electron chi connectivity index (χ2n) is 6.64. The summed E-state index contributed by atoms with van der Waals surface area (Å²) >= 11 is 0. The van der Waals surface area contributed by atoms with E-state index >= 15 is 0 Å². The van der Waals surface area contributed by atoms with Gasteiger partial charge in [-0.15, -0.1) is 0 Å². The van der Waals surface area contributed by atoms with Gasteiger partial charge in [0.25, 0.3) is 0 Å². The van der Waals surface area contributed by atoms with E-state index in [1.807, 2.05) is 14.1 Å². The Bertz CT molecular complexity index is 620. The maximum absolute atomic E-state index is 12.1. The molecule has 9 nitrogen and oxygen atoms in total. The van der Waals surface area contributed by atoms with E-state index in [0.717, 1.165) is 11.1 Å². The molecular weight excluding hydrogens is 316 g/mol. The number of aliphatic hydroxyl groups excluding tert-OH is 3. The van der Waals surface area contributed by atoms with E-state index in [0.29, 0.717) is 12.0 Å². The van der Waals surface area contributed by atoms with Gasteiger partial charge in [-0.2, -0.15) is 4.98 Å². The van der Waals surface area contributed by atoms with E-state index in [-0.39, 0.29) is 11.7 Å². The summed E-state index contributed by atoms with van der Waals surface area (Å²) in [6.07, 6.45) is -2.56. The molecule has 1 saturated heterocycles. The first-order chi connectivity index (χ1) is 11.2. The Kier molecular flexibility index (Phi) is 5.94. The summed E-state index contributed by atoms with van der Waals surface area (Å²) in [7, 11) is 3.94. The molecule has 1 aromatic heterocycles. The van der Waals surface area contributed by atoms with Crippen molar-refractivity contribution in [1.29, 1.82) is 0 Å². The topological polar surface area (TPSA) is 134 Å². The molecule has 0 saturated carbocycles. The second kappa shape index (κ2) is 7.58. The summed E-state index contributed by atoms with van der Waals surface area (Å²) in [5, 5.41) is 29.1. The maximum atomic E-state index is 12.1. The van der Waals surface area contributed by atoms with Crippen molar-refractivity contribution in [3.8, 4) is 0 Å². The number of aromatic nitrogens is 2. The molecule has 1 aromatic rings. The van der Waals surface area contributed by atoms with Crippen LogP contribution in [0.25, 0.3) is 0 Å². The zero-order valence-electron chi connectivity index (χ0n) is 14.2. The summed E-state index contributed by atoms with van der Waals surface area (Å²) in [6, 6.07) is 0. The molecule has 5 atom stereocenters. The molecule has 24 heavy (non-hydrogen) atoms. The third-order valence-corrected chi connectivity index (χ3v) is 4.10. The van der Waals surface area contributed by atoms with Gasteiger partial charge in [0.05, 0.1) is 6.61 Å². The van der Waals surface area contributed by atoms with E-state index in [9.17, 15) is 15.0 Å². The first kappa shape index (κ1) is 18.8. The standard InChI is InChI=1S/C15H26N4O5/c1-8(5-18(2)3)4-9-6-19(15(23)17-13(9)16)14-12(22)11(21)10(7-20)24-14/h6,8,10-12,14,20-22H,4-5,7H2,1-3H3,(H2,16,17,23)/t8?,10-,11?,12?,14-/m1/s1. The van der Waals surface area contributed by atoms with Gasteiger partial charge in [0, 0.05) is 18.3 Å². The predicted molar refractivity (Wildman–Crippen MR) is 87.3 cm³/mol. The lowest BCUT2D eigenvalue weighted by Gasteiger charge is -2.21. The van der Waals surface area contributed by atoms with Crippen molar-refractivity contribution in [3.63, 3.8) is 0 Å². The van der Waals surface area contributed by atoms with E-state index in [1.165, 1.54) is 6.20 Å². The summed E-state index contributed by atoms with van der Waals surface area (Å²) in [6.45, 7) is 2.44. The Morgan fingerprint density at radius 3 is 2.62 bits per heavy atom. The lowest BCUT2D eigenvalue weighted by molar-refractivity contribution is -0.0550. The molecule has 9 heteroatoms. The molecule has 1 aliphatic heterocycles. The molecule has 5 N–H and O–H groups in total. The van der Waals surface area contributed by atoms with Crippen LogP contribution in [0.1, 0.15) is 18.7 Å². The lowest BCUT2D eigenvalue weighted by atomic mass is 10.0. The van der Waals surface area contributed by atoms with Crippen molar-refractivity contribution in [3.05, 3.63) is 22.2 Å². The Labute approximate surface area is 140 Å². The van der Waals surface area contributed by atoms with Crippen LogP contribution in [0.3, 0.4) is 0 Å². The van der Waals surface area contributed by atoms with Crippen molar-refractivity contribution in [2.24, 2.45) is 5.92 Å². The van der Waals surface area contributed by atoms with Gasteiger partial charge in [0.1, 0.15) is 24.1 Å². The molecule has 1 fully saturated rings. The fourth-order valence-corrected chi connectivity index (χ4v) is 3.03. The molecular formula is C15H26N4O5. The van der Waals surface area contributed by atoms with E-state index in [4.69, 9.17) is 15.6 Å². The SMILES string of the molecule is CC(Cc1cn([C@@H]2O[C@H](CO)C(O)C2O)c(=O)nc1N)CN(C)C. The summed E-state index contributed by atoms with van der Waals surface area (Å²) in [5.41, 5.74) is 5.85. The van der Waals surface area contributed by atoms with Crippen LogP contribution >= 0.6 is 0 Å². The molecule has 0 spiro atoms. The lowest BCUT2D eigenvalue weighted by Crippen LogP contribution is -2.36. The average molecular weight is 342 g/mol. The van der Waals surface area contributed by atoms with Crippen molar-refractivity contribution >= 4 is 5.82 Å². The van der Waals surface area contributed by atoms with Crippen LogP contribution in [0.2, 0.25) is 0 Å². The highest BCUT2D eigenvalue weighted by atomic mass is 16.6. The quantitative estimate of drug-likeness (QED) is 0.475. The number of rotatable bonds is 6. The van der Waals surface area contributed by atoms with Crippen LogP contribution in [-0.4, -0.2) is 75.3 Å². The Hall–Kier alpha value is -1.52. The van der Waals surface area contributed by atoms with Crippen LogP contribution in [0, 0.1) is 5.92 Å². The number of nitrogen functional groups attached to an aromatic ring is 1. The van der Waals surface area contributed by atoms with Gasteiger partial charge in [-0.3, -0.25) is 4.57 Å². The summed E-state index contributed by atoms with van der Waals surface area (Å²) in [5.74, 6) is 0.425. The highest BCUT2D eigenvalue weighted by Gasteiger charge is 2.43. The van der Waals surface area contributed by atoms with Gasteiger partial charge in [0.15, 0.2) is 6.23 Å². The highest BCUT2D eigenvalue weighted by Crippen LogP contribution is 2.28. The Morgan fingerprint density at radius 2 is 2.08 bits per heavy atom. The molecule has 3 unspecified atom stereocenters. The van der Waals surface area contributed by atoms with Gasteiger partial charge in [-0.05, 0) is 26.4 Å². The van der Waals surface area contributed by atoms with E-state index in [1.54, 1.807) is 0 Å². The first-order valence-corrected chi connectivity index (χ1v) is 7.89. The minimum absolute atomic E-state index is 0.147. The second-order valence-corrected chi connectivity index (χ2v) is 6.64. The average Bonchev–Trinajstić information content (AvgIpc) is 2.77. The monoisotopic (exact) mass is 342 g/mol. The fourth-order valence-electron chi connectivity index (χ4n) is 3.03. The van der Waals surface area contributed by atoms with Gasteiger partial charge in [-0.1, -0.05) is 6.92 Å². The van der Waals surface area contributed by atoms with Crippen LogP contribution in [0.5, 0.6) is 0 Å². The van der Waals surface area contributed by atoms with E-state index < -0.39 is 36.8 Å². The van der Waals surface area contributed by atoms with Gasteiger partial charge in [0.2, 0.25) is 0 Å². The number of aliphatic hydroxyl groups is 3. The molecule has 0 amide bonds. The van der Waals surface area contributed by atoms with Gasteiger partial charge < -0.3 is 30.7 Å². The number of hydrogen-bond acceptors (Lipinski definition) is 8. The smallest absolute Gasteiger partial charge is 0.351 e. The van der Waals surface area contributed by atoms with Gasteiger partial charge >= 0.3 is 5.69 Å². The third-order valence-electron chi connectivity index (χ3n) is 4.10. The minimum Gasteiger partial charge on any atom is -0.394 e. The van der Waals surface area contributed by atoms with Crippen molar-refractivity contribution < 1.29 is 20.1 Å². The largest absolute Gasteiger partial charge is 0.394 e. The Morgan fingerprint density at radius 1 is 1.42 bits per heavy atom. The van der Waals surface area contributed by atoms with Crippen LogP contribution in [-0.2, 0) is 11.2 Å².